The van der Waals surface area contributed by atoms with Gasteiger partial charge in [-0.2, -0.15) is 10.2 Å². The zero-order valence-electron chi connectivity index (χ0n) is 10.0. The van der Waals surface area contributed by atoms with Gasteiger partial charge in [0.2, 0.25) is 0 Å². The number of esters is 1. The number of carbonyl (C=O) groups excluding carboxylic acids is 1. The zero-order valence-corrected chi connectivity index (χ0v) is 10.0. The molecule has 1 spiro atoms. The van der Waals surface area contributed by atoms with Gasteiger partial charge in [0.1, 0.15) is 11.3 Å². The predicted octanol–water partition coefficient (Wildman–Crippen LogP) is 2.00. The van der Waals surface area contributed by atoms with Crippen molar-refractivity contribution in [3.05, 3.63) is 24.0 Å². The SMILES string of the molecule is CCOC(=O)[C@@H]1C[C@@]2(C=CC(OC)=CC2)N=N1. The first-order valence-corrected chi connectivity index (χ1v) is 5.71. The van der Waals surface area contributed by atoms with Gasteiger partial charge in [-0.3, -0.25) is 0 Å². The van der Waals surface area contributed by atoms with Gasteiger partial charge >= 0.3 is 5.97 Å². The van der Waals surface area contributed by atoms with Crippen LogP contribution in [0, 0.1) is 0 Å². The molecule has 2 aliphatic rings. The van der Waals surface area contributed by atoms with E-state index in [1.165, 1.54) is 0 Å². The molecule has 92 valence electrons. The fourth-order valence-corrected chi connectivity index (χ4v) is 2.00. The number of allylic oxidation sites excluding steroid dienone is 1. The minimum atomic E-state index is -0.461. The lowest BCUT2D eigenvalue weighted by Gasteiger charge is -2.22. The Labute approximate surface area is 100 Å². The van der Waals surface area contributed by atoms with Crippen molar-refractivity contribution in [1.82, 2.24) is 0 Å². The van der Waals surface area contributed by atoms with Gasteiger partial charge in [-0.05, 0) is 25.5 Å². The lowest BCUT2D eigenvalue weighted by molar-refractivity contribution is -0.144. The Kier molecular flexibility index (Phi) is 3.26. The summed E-state index contributed by atoms with van der Waals surface area (Å²) in [5, 5.41) is 8.23. The Hall–Kier alpha value is -1.65. The van der Waals surface area contributed by atoms with Gasteiger partial charge in [0.25, 0.3) is 0 Å². The number of hydrogen-bond donors (Lipinski definition) is 0. The van der Waals surface area contributed by atoms with Gasteiger partial charge in [-0.15, -0.1) is 0 Å². The summed E-state index contributed by atoms with van der Waals surface area (Å²) in [5.74, 6) is 0.536. The summed E-state index contributed by atoms with van der Waals surface area (Å²) < 4.78 is 10.1. The minimum Gasteiger partial charge on any atom is -0.497 e. The summed E-state index contributed by atoms with van der Waals surface area (Å²) in [5.41, 5.74) is -0.376. The molecule has 0 aromatic heterocycles. The van der Waals surface area contributed by atoms with Crippen molar-refractivity contribution in [2.45, 2.75) is 31.3 Å². The second-order valence-corrected chi connectivity index (χ2v) is 4.14. The van der Waals surface area contributed by atoms with E-state index in [9.17, 15) is 4.79 Å². The molecule has 0 saturated heterocycles. The molecule has 0 saturated carbocycles. The van der Waals surface area contributed by atoms with E-state index in [1.54, 1.807) is 14.0 Å². The minimum absolute atomic E-state index is 0.289. The van der Waals surface area contributed by atoms with E-state index in [0.717, 1.165) is 5.76 Å². The van der Waals surface area contributed by atoms with E-state index in [1.807, 2.05) is 18.2 Å². The highest BCUT2D eigenvalue weighted by Crippen LogP contribution is 2.36. The molecule has 2 atom stereocenters. The average molecular weight is 236 g/mol. The molecular formula is C12H16N2O3. The Bertz CT molecular complexity index is 401. The number of ether oxygens (including phenoxy) is 2. The van der Waals surface area contributed by atoms with Crippen molar-refractivity contribution < 1.29 is 14.3 Å². The Balaban J connectivity index is 2.00. The van der Waals surface area contributed by atoms with Crippen molar-refractivity contribution in [2.75, 3.05) is 13.7 Å². The fraction of sp³-hybridized carbons (Fsp3) is 0.583. The first-order valence-electron chi connectivity index (χ1n) is 5.71. The van der Waals surface area contributed by atoms with Gasteiger partial charge in [0.15, 0.2) is 6.04 Å². The summed E-state index contributed by atoms with van der Waals surface area (Å²) in [6.45, 7) is 2.16. The van der Waals surface area contributed by atoms with Crippen LogP contribution in [0.4, 0.5) is 0 Å². The molecule has 5 heteroatoms. The standard InChI is InChI=1S/C12H16N2O3/c1-3-17-11(15)10-8-12(14-13-10)6-4-9(16-2)5-7-12/h4-6,10H,3,7-8H2,1-2H3/t10-,12-/m0/s1. The maximum absolute atomic E-state index is 11.6. The maximum Gasteiger partial charge on any atom is 0.332 e. The van der Waals surface area contributed by atoms with Gasteiger partial charge in [-0.1, -0.05) is 6.08 Å². The lowest BCUT2D eigenvalue weighted by Crippen LogP contribution is -2.29. The topological polar surface area (TPSA) is 60.2 Å². The molecule has 0 N–H and O–H groups in total. The number of rotatable bonds is 3. The lowest BCUT2D eigenvalue weighted by atomic mass is 9.87. The smallest absolute Gasteiger partial charge is 0.332 e. The number of hydrogen-bond acceptors (Lipinski definition) is 5. The van der Waals surface area contributed by atoms with Crippen molar-refractivity contribution in [1.29, 1.82) is 0 Å². The molecule has 0 fully saturated rings. The molecule has 2 rings (SSSR count). The first-order chi connectivity index (χ1) is 8.19. The van der Waals surface area contributed by atoms with E-state index in [2.05, 4.69) is 10.2 Å². The number of carbonyl (C=O) groups is 1. The zero-order chi connectivity index (χ0) is 12.3. The molecule has 0 aromatic rings. The predicted molar refractivity (Wildman–Crippen MR) is 61.5 cm³/mol. The molecule has 5 nitrogen and oxygen atoms in total. The van der Waals surface area contributed by atoms with E-state index in [0.29, 0.717) is 19.4 Å². The highest BCUT2D eigenvalue weighted by Gasteiger charge is 2.40. The van der Waals surface area contributed by atoms with Crippen LogP contribution in [0.3, 0.4) is 0 Å². The molecule has 0 amide bonds. The van der Waals surface area contributed by atoms with Gasteiger partial charge in [-0.25, -0.2) is 4.79 Å². The monoisotopic (exact) mass is 236 g/mol. The molecule has 0 radical (unpaired) electrons. The molecule has 1 aliphatic carbocycles. The van der Waals surface area contributed by atoms with Crippen LogP contribution in [0.5, 0.6) is 0 Å². The van der Waals surface area contributed by atoms with Crippen LogP contribution in [0.1, 0.15) is 19.8 Å². The average Bonchev–Trinajstić information content (AvgIpc) is 2.75. The van der Waals surface area contributed by atoms with Gasteiger partial charge in [0, 0.05) is 6.42 Å². The van der Waals surface area contributed by atoms with Crippen molar-refractivity contribution in [3.8, 4) is 0 Å². The summed E-state index contributed by atoms with van der Waals surface area (Å²) in [6.07, 6.45) is 7.08. The van der Waals surface area contributed by atoms with E-state index in [-0.39, 0.29) is 11.5 Å². The van der Waals surface area contributed by atoms with Crippen LogP contribution >= 0.6 is 0 Å². The van der Waals surface area contributed by atoms with E-state index >= 15 is 0 Å². The molecule has 1 heterocycles. The molecular weight excluding hydrogens is 220 g/mol. The van der Waals surface area contributed by atoms with Crippen LogP contribution in [0.25, 0.3) is 0 Å². The number of azo groups is 1. The van der Waals surface area contributed by atoms with Crippen molar-refractivity contribution in [2.24, 2.45) is 10.2 Å². The number of methoxy groups -OCH3 is 1. The fourth-order valence-electron chi connectivity index (χ4n) is 2.00. The summed E-state index contributed by atoms with van der Waals surface area (Å²) >= 11 is 0. The molecule has 0 unspecified atom stereocenters. The normalized spacial score (nSPS) is 30.5. The van der Waals surface area contributed by atoms with Crippen molar-refractivity contribution in [3.63, 3.8) is 0 Å². The first kappa shape index (κ1) is 11.8. The maximum atomic E-state index is 11.6. The van der Waals surface area contributed by atoms with Crippen LogP contribution in [-0.4, -0.2) is 31.3 Å². The second kappa shape index (κ2) is 4.69. The van der Waals surface area contributed by atoms with Crippen LogP contribution in [0.2, 0.25) is 0 Å². The van der Waals surface area contributed by atoms with Crippen LogP contribution in [0.15, 0.2) is 34.2 Å². The quantitative estimate of drug-likeness (QED) is 0.704. The summed E-state index contributed by atoms with van der Waals surface area (Å²) in [4.78, 5) is 11.6. The Morgan fingerprint density at radius 3 is 3.06 bits per heavy atom. The summed E-state index contributed by atoms with van der Waals surface area (Å²) in [6, 6.07) is -0.461. The Morgan fingerprint density at radius 2 is 2.47 bits per heavy atom. The van der Waals surface area contributed by atoms with Gasteiger partial charge in [0.05, 0.1) is 13.7 Å². The van der Waals surface area contributed by atoms with Crippen LogP contribution in [-0.2, 0) is 14.3 Å². The Morgan fingerprint density at radius 1 is 1.65 bits per heavy atom. The van der Waals surface area contributed by atoms with E-state index < -0.39 is 6.04 Å². The van der Waals surface area contributed by atoms with E-state index in [4.69, 9.17) is 9.47 Å². The highest BCUT2D eigenvalue weighted by atomic mass is 16.5. The molecule has 1 aliphatic heterocycles. The van der Waals surface area contributed by atoms with Crippen molar-refractivity contribution >= 4 is 5.97 Å². The van der Waals surface area contributed by atoms with Gasteiger partial charge < -0.3 is 9.47 Å². The molecule has 0 bridgehead atoms. The highest BCUT2D eigenvalue weighted by molar-refractivity contribution is 5.76. The van der Waals surface area contributed by atoms with Crippen LogP contribution < -0.4 is 0 Å². The summed E-state index contributed by atoms with van der Waals surface area (Å²) in [7, 11) is 1.63. The number of nitrogens with zero attached hydrogens (tertiary/aromatic N) is 2. The molecule has 0 aromatic carbocycles. The third-order valence-corrected chi connectivity index (χ3v) is 2.95. The largest absolute Gasteiger partial charge is 0.497 e. The second-order valence-electron chi connectivity index (χ2n) is 4.14. The third-order valence-electron chi connectivity index (χ3n) is 2.95. The molecule has 17 heavy (non-hydrogen) atoms. The third kappa shape index (κ3) is 2.38.